The van der Waals surface area contributed by atoms with Crippen molar-refractivity contribution in [1.29, 1.82) is 0 Å². The van der Waals surface area contributed by atoms with Crippen molar-refractivity contribution >= 4 is 39.2 Å². The number of halogens is 2. The monoisotopic (exact) mass is 358 g/mol. The van der Waals surface area contributed by atoms with E-state index in [1.165, 1.54) is 6.07 Å². The third kappa shape index (κ3) is 2.30. The van der Waals surface area contributed by atoms with Crippen LogP contribution in [-0.4, -0.2) is 12.0 Å². The maximum atomic E-state index is 13.6. The second kappa shape index (κ2) is 4.64. The number of nitrogens with zero attached hydrogens (tertiary/aromatic N) is 1. The Balaban J connectivity index is 2.85. The molecule has 0 amide bonds. The zero-order chi connectivity index (χ0) is 13.5. The molecule has 0 aliphatic heterocycles. The van der Waals surface area contributed by atoms with Gasteiger partial charge in [0.2, 0.25) is 0 Å². The minimum atomic E-state index is -0.219. The Kier molecular flexibility index (Phi) is 3.49. The fourth-order valence-electron chi connectivity index (χ4n) is 1.82. The van der Waals surface area contributed by atoms with Crippen LogP contribution in [0.15, 0.2) is 18.2 Å². The first-order valence-corrected chi connectivity index (χ1v) is 6.89. The smallest absolute Gasteiger partial charge is 0.138 e. The van der Waals surface area contributed by atoms with Gasteiger partial charge in [0, 0.05) is 29.2 Å². The molecule has 0 fully saturated rings. The summed E-state index contributed by atoms with van der Waals surface area (Å²) in [5, 5.41) is 4.12. The van der Waals surface area contributed by atoms with Crippen molar-refractivity contribution in [3.05, 3.63) is 33.3 Å². The number of nitrogens with one attached hydrogen (secondary N) is 1. The molecule has 1 aromatic heterocycles. The lowest BCUT2D eigenvalue weighted by Crippen LogP contribution is -2.14. The number of rotatable bonds is 1. The lowest BCUT2D eigenvalue weighted by Gasteiger charge is -2.20. The van der Waals surface area contributed by atoms with Gasteiger partial charge in [0.15, 0.2) is 0 Å². The average Bonchev–Trinajstić information content (AvgIpc) is 2.31. The standard InChI is InChI=1S/C14H16FIN2/c1-14(2,3)11-7-10(17-4)8-5-6-9(15)12(16)13(8)18-11/h5-7H,1-4H3,(H,17,18). The number of hydrogen-bond acceptors (Lipinski definition) is 2. The summed E-state index contributed by atoms with van der Waals surface area (Å²) in [7, 11) is 1.87. The van der Waals surface area contributed by atoms with Crippen molar-refractivity contribution in [1.82, 2.24) is 4.98 Å². The van der Waals surface area contributed by atoms with Crippen molar-refractivity contribution in [3.63, 3.8) is 0 Å². The molecule has 18 heavy (non-hydrogen) atoms. The topological polar surface area (TPSA) is 24.9 Å². The van der Waals surface area contributed by atoms with Gasteiger partial charge in [-0.25, -0.2) is 4.39 Å². The third-order valence-electron chi connectivity index (χ3n) is 2.91. The maximum absolute atomic E-state index is 13.6. The molecule has 0 radical (unpaired) electrons. The number of anilines is 1. The van der Waals surface area contributed by atoms with E-state index >= 15 is 0 Å². The summed E-state index contributed by atoms with van der Waals surface area (Å²) in [6.45, 7) is 6.31. The van der Waals surface area contributed by atoms with Gasteiger partial charge in [-0.15, -0.1) is 0 Å². The van der Waals surface area contributed by atoms with Crippen molar-refractivity contribution in [2.75, 3.05) is 12.4 Å². The predicted molar refractivity (Wildman–Crippen MR) is 82.7 cm³/mol. The van der Waals surface area contributed by atoms with Crippen LogP contribution in [0.5, 0.6) is 0 Å². The van der Waals surface area contributed by atoms with Gasteiger partial charge >= 0.3 is 0 Å². The van der Waals surface area contributed by atoms with Crippen LogP contribution >= 0.6 is 22.6 Å². The highest BCUT2D eigenvalue weighted by molar-refractivity contribution is 14.1. The highest BCUT2D eigenvalue weighted by atomic mass is 127. The highest BCUT2D eigenvalue weighted by Crippen LogP contribution is 2.32. The molecule has 0 aliphatic carbocycles. The summed E-state index contributed by atoms with van der Waals surface area (Å²) in [6, 6.07) is 5.30. The van der Waals surface area contributed by atoms with Crippen LogP contribution < -0.4 is 5.32 Å². The van der Waals surface area contributed by atoms with Gasteiger partial charge in [-0.1, -0.05) is 20.8 Å². The second-order valence-electron chi connectivity index (χ2n) is 5.31. The first-order valence-electron chi connectivity index (χ1n) is 5.81. The van der Waals surface area contributed by atoms with E-state index < -0.39 is 0 Å². The number of benzene rings is 1. The lowest BCUT2D eigenvalue weighted by molar-refractivity contribution is 0.571. The van der Waals surface area contributed by atoms with Crippen LogP contribution in [0.4, 0.5) is 10.1 Å². The molecule has 0 saturated carbocycles. The molecule has 1 heterocycles. The molecule has 0 spiro atoms. The van der Waals surface area contributed by atoms with Crippen LogP contribution in [0.25, 0.3) is 10.9 Å². The van der Waals surface area contributed by atoms with Crippen molar-refractivity contribution < 1.29 is 4.39 Å². The number of pyridine rings is 1. The minimum Gasteiger partial charge on any atom is -0.388 e. The normalized spacial score (nSPS) is 11.9. The van der Waals surface area contributed by atoms with Gasteiger partial charge in [-0.3, -0.25) is 4.98 Å². The van der Waals surface area contributed by atoms with E-state index in [2.05, 4.69) is 31.1 Å². The van der Waals surface area contributed by atoms with Gasteiger partial charge in [0.1, 0.15) is 5.82 Å². The molecule has 4 heteroatoms. The Morgan fingerprint density at radius 3 is 2.50 bits per heavy atom. The van der Waals surface area contributed by atoms with E-state index in [9.17, 15) is 4.39 Å². The zero-order valence-corrected chi connectivity index (χ0v) is 13.1. The highest BCUT2D eigenvalue weighted by Gasteiger charge is 2.19. The Morgan fingerprint density at radius 1 is 1.28 bits per heavy atom. The maximum Gasteiger partial charge on any atom is 0.138 e. The second-order valence-corrected chi connectivity index (χ2v) is 6.39. The van der Waals surface area contributed by atoms with Crippen molar-refractivity contribution in [3.8, 4) is 0 Å². The summed E-state index contributed by atoms with van der Waals surface area (Å²) in [6.07, 6.45) is 0. The molecular formula is C14H16FIN2. The summed E-state index contributed by atoms with van der Waals surface area (Å²) in [4.78, 5) is 4.63. The molecule has 1 N–H and O–H groups in total. The summed E-state index contributed by atoms with van der Waals surface area (Å²) in [5.74, 6) is -0.219. The molecule has 2 aromatic rings. The fourth-order valence-corrected chi connectivity index (χ4v) is 2.42. The van der Waals surface area contributed by atoms with E-state index in [0.717, 1.165) is 22.3 Å². The zero-order valence-electron chi connectivity index (χ0n) is 10.9. The van der Waals surface area contributed by atoms with Crippen molar-refractivity contribution in [2.24, 2.45) is 0 Å². The first kappa shape index (κ1) is 13.5. The van der Waals surface area contributed by atoms with Crippen LogP contribution in [0.3, 0.4) is 0 Å². The SMILES string of the molecule is CNc1cc(C(C)(C)C)nc2c(I)c(F)ccc12. The molecule has 1 aromatic carbocycles. The van der Waals surface area contributed by atoms with E-state index in [4.69, 9.17) is 0 Å². The molecule has 0 saturated heterocycles. The molecule has 96 valence electrons. The molecule has 0 atom stereocenters. The van der Waals surface area contributed by atoms with Crippen LogP contribution in [0, 0.1) is 9.39 Å². The molecule has 2 nitrogen and oxygen atoms in total. The Labute approximate surface area is 120 Å². The van der Waals surface area contributed by atoms with Crippen LogP contribution in [0.2, 0.25) is 0 Å². The van der Waals surface area contributed by atoms with E-state index in [1.54, 1.807) is 6.07 Å². The number of aromatic nitrogens is 1. The van der Waals surface area contributed by atoms with E-state index in [-0.39, 0.29) is 11.2 Å². The third-order valence-corrected chi connectivity index (χ3v) is 3.94. The minimum absolute atomic E-state index is 0.0603. The van der Waals surface area contributed by atoms with Gasteiger partial charge in [-0.05, 0) is 40.8 Å². The average molecular weight is 358 g/mol. The van der Waals surface area contributed by atoms with Crippen molar-refractivity contribution in [2.45, 2.75) is 26.2 Å². The number of hydrogen-bond donors (Lipinski definition) is 1. The quantitative estimate of drug-likeness (QED) is 0.769. The first-order chi connectivity index (χ1) is 8.34. The summed E-state index contributed by atoms with van der Waals surface area (Å²) >= 11 is 2.02. The summed E-state index contributed by atoms with van der Waals surface area (Å²) < 4.78 is 14.2. The molecule has 2 rings (SSSR count). The molecule has 0 aliphatic rings. The van der Waals surface area contributed by atoms with Crippen LogP contribution in [-0.2, 0) is 5.41 Å². The summed E-state index contributed by atoms with van der Waals surface area (Å²) in [5.41, 5.74) is 2.62. The van der Waals surface area contributed by atoms with Gasteiger partial charge in [0.05, 0.1) is 9.09 Å². The van der Waals surface area contributed by atoms with Gasteiger partial charge in [0.25, 0.3) is 0 Å². The molecule has 0 bridgehead atoms. The Hall–Kier alpha value is -0.910. The Bertz CT molecular complexity index is 603. The lowest BCUT2D eigenvalue weighted by atomic mass is 9.91. The van der Waals surface area contributed by atoms with E-state index in [0.29, 0.717) is 3.57 Å². The van der Waals surface area contributed by atoms with Gasteiger partial charge in [-0.2, -0.15) is 0 Å². The Morgan fingerprint density at radius 2 is 1.94 bits per heavy atom. The molecule has 0 unspecified atom stereocenters. The number of fused-ring (bicyclic) bond motifs is 1. The van der Waals surface area contributed by atoms with Gasteiger partial charge < -0.3 is 5.32 Å². The largest absolute Gasteiger partial charge is 0.388 e. The van der Waals surface area contributed by atoms with Crippen LogP contribution in [0.1, 0.15) is 26.5 Å². The predicted octanol–water partition coefficient (Wildman–Crippen LogP) is 4.32. The molecular weight excluding hydrogens is 342 g/mol. The fraction of sp³-hybridized carbons (Fsp3) is 0.357. The van der Waals surface area contributed by atoms with E-state index in [1.807, 2.05) is 35.7 Å².